The number of fused-ring (bicyclic) bond motifs is 3. The van der Waals surface area contributed by atoms with E-state index in [0.29, 0.717) is 0 Å². The lowest BCUT2D eigenvalue weighted by molar-refractivity contribution is -0.0526. The standard InChI is InChI=1S/C18H10ClF4N3O2/c1-6-13(20)12-11(14(21)16(6)28-18(22)23)8-5-24-26-17(8)25-15(12)7-2-3-10(27)9(19)4-7/h2-5,18,27H,1H3,(H,24,25,26). The van der Waals surface area contributed by atoms with Crippen LogP contribution in [-0.4, -0.2) is 26.9 Å². The second kappa shape index (κ2) is 6.52. The third-order valence-electron chi connectivity index (χ3n) is 4.34. The van der Waals surface area contributed by atoms with Gasteiger partial charge in [0.1, 0.15) is 11.6 Å². The predicted octanol–water partition coefficient (Wildman–Crippen LogP) is 5.33. The van der Waals surface area contributed by atoms with Gasteiger partial charge in [-0.2, -0.15) is 13.9 Å². The molecule has 2 aromatic heterocycles. The van der Waals surface area contributed by atoms with Crippen molar-refractivity contribution in [3.63, 3.8) is 0 Å². The second-order valence-electron chi connectivity index (χ2n) is 5.97. The molecule has 2 N–H and O–H groups in total. The van der Waals surface area contributed by atoms with Gasteiger partial charge in [0.2, 0.25) is 0 Å². The van der Waals surface area contributed by atoms with Crippen molar-refractivity contribution in [1.29, 1.82) is 0 Å². The Hall–Kier alpha value is -3.07. The Morgan fingerprint density at radius 1 is 1.18 bits per heavy atom. The third kappa shape index (κ3) is 2.70. The molecule has 0 unspecified atom stereocenters. The number of H-pyrrole nitrogens is 1. The molecule has 0 bridgehead atoms. The largest absolute Gasteiger partial charge is 0.506 e. The van der Waals surface area contributed by atoms with Gasteiger partial charge in [-0.15, -0.1) is 0 Å². The van der Waals surface area contributed by atoms with Crippen LogP contribution in [0.1, 0.15) is 5.56 Å². The zero-order valence-electron chi connectivity index (χ0n) is 14.0. The van der Waals surface area contributed by atoms with Gasteiger partial charge in [0.05, 0.1) is 16.9 Å². The van der Waals surface area contributed by atoms with Crippen molar-refractivity contribution < 1.29 is 27.4 Å². The van der Waals surface area contributed by atoms with Crippen LogP contribution in [0, 0.1) is 18.6 Å². The lowest BCUT2D eigenvalue weighted by atomic mass is 9.98. The molecule has 0 radical (unpaired) electrons. The number of aromatic nitrogens is 3. The maximum Gasteiger partial charge on any atom is 0.387 e. The number of alkyl halides is 2. The number of benzene rings is 2. The molecule has 0 atom stereocenters. The van der Waals surface area contributed by atoms with Crippen LogP contribution in [0.15, 0.2) is 24.4 Å². The van der Waals surface area contributed by atoms with Crippen molar-refractivity contribution in [2.45, 2.75) is 13.5 Å². The number of nitrogens with zero attached hydrogens (tertiary/aromatic N) is 2. The van der Waals surface area contributed by atoms with Crippen LogP contribution in [0.3, 0.4) is 0 Å². The van der Waals surface area contributed by atoms with E-state index >= 15 is 8.78 Å². The Kier molecular flexibility index (Phi) is 4.26. The molecule has 0 spiro atoms. The molecule has 144 valence electrons. The van der Waals surface area contributed by atoms with Gasteiger partial charge < -0.3 is 9.84 Å². The van der Waals surface area contributed by atoms with Crippen LogP contribution in [0.4, 0.5) is 17.6 Å². The second-order valence-corrected chi connectivity index (χ2v) is 6.38. The summed E-state index contributed by atoms with van der Waals surface area (Å²) in [4.78, 5) is 4.28. The van der Waals surface area contributed by atoms with E-state index in [4.69, 9.17) is 11.6 Å². The van der Waals surface area contributed by atoms with Gasteiger partial charge in [0, 0.05) is 27.3 Å². The molecule has 28 heavy (non-hydrogen) atoms. The van der Waals surface area contributed by atoms with E-state index in [1.807, 2.05) is 0 Å². The monoisotopic (exact) mass is 411 g/mol. The van der Waals surface area contributed by atoms with E-state index in [1.54, 1.807) is 0 Å². The first-order valence-corrected chi connectivity index (χ1v) is 8.25. The van der Waals surface area contributed by atoms with Crippen molar-refractivity contribution >= 4 is 33.4 Å². The minimum absolute atomic E-state index is 0.00301. The number of aromatic hydroxyl groups is 1. The van der Waals surface area contributed by atoms with Gasteiger partial charge in [-0.3, -0.25) is 5.10 Å². The van der Waals surface area contributed by atoms with Crippen molar-refractivity contribution in [2.75, 3.05) is 0 Å². The lowest BCUT2D eigenvalue weighted by Crippen LogP contribution is -2.08. The van der Waals surface area contributed by atoms with Gasteiger partial charge in [0.25, 0.3) is 0 Å². The summed E-state index contributed by atoms with van der Waals surface area (Å²) < 4.78 is 60.0. The van der Waals surface area contributed by atoms with Crippen molar-refractivity contribution in [2.24, 2.45) is 0 Å². The summed E-state index contributed by atoms with van der Waals surface area (Å²) in [6.45, 7) is -2.20. The third-order valence-corrected chi connectivity index (χ3v) is 4.64. The molecule has 0 saturated carbocycles. The topological polar surface area (TPSA) is 71.0 Å². The molecule has 2 heterocycles. The van der Waals surface area contributed by atoms with Crippen LogP contribution in [0.2, 0.25) is 5.02 Å². The Morgan fingerprint density at radius 2 is 1.93 bits per heavy atom. The highest BCUT2D eigenvalue weighted by atomic mass is 35.5. The van der Waals surface area contributed by atoms with Crippen molar-refractivity contribution in [3.8, 4) is 22.8 Å². The number of nitrogens with one attached hydrogen (secondary N) is 1. The first-order chi connectivity index (χ1) is 13.3. The summed E-state index contributed by atoms with van der Waals surface area (Å²) in [5, 5.41) is 15.5. The smallest absolute Gasteiger partial charge is 0.387 e. The Bertz CT molecular complexity index is 1240. The summed E-state index contributed by atoms with van der Waals surface area (Å²) >= 11 is 5.93. The maximum absolute atomic E-state index is 15.2. The van der Waals surface area contributed by atoms with Gasteiger partial charge in [-0.1, -0.05) is 11.6 Å². The number of aromatic amines is 1. The Balaban J connectivity index is 2.18. The first kappa shape index (κ1) is 18.3. The van der Waals surface area contributed by atoms with E-state index in [1.165, 1.54) is 24.4 Å². The molecule has 0 amide bonds. The van der Waals surface area contributed by atoms with Crippen molar-refractivity contribution in [3.05, 3.63) is 46.6 Å². The minimum atomic E-state index is -3.33. The fourth-order valence-electron chi connectivity index (χ4n) is 3.07. The molecule has 0 saturated heterocycles. The molecule has 4 aromatic rings. The van der Waals surface area contributed by atoms with Gasteiger partial charge in [0.15, 0.2) is 17.2 Å². The average Bonchev–Trinajstić information content (AvgIpc) is 3.12. The Morgan fingerprint density at radius 3 is 2.61 bits per heavy atom. The number of phenolic OH excluding ortho intramolecular Hbond substituents is 1. The van der Waals surface area contributed by atoms with Gasteiger partial charge in [-0.05, 0) is 25.1 Å². The fraction of sp³-hybridized carbons (Fsp3) is 0.111. The van der Waals surface area contributed by atoms with E-state index in [2.05, 4.69) is 19.9 Å². The zero-order chi connectivity index (χ0) is 20.2. The molecule has 0 fully saturated rings. The lowest BCUT2D eigenvalue weighted by Gasteiger charge is -2.16. The number of ether oxygens (including phenoxy) is 1. The summed E-state index contributed by atoms with van der Waals surface area (Å²) in [5.74, 6) is -3.22. The summed E-state index contributed by atoms with van der Waals surface area (Å²) in [6.07, 6.45) is 1.21. The van der Waals surface area contributed by atoms with E-state index in [-0.39, 0.29) is 43.8 Å². The number of rotatable bonds is 3. The summed E-state index contributed by atoms with van der Waals surface area (Å²) in [6, 6.07) is 4.02. The quantitative estimate of drug-likeness (QED) is 0.447. The maximum atomic E-state index is 15.2. The SMILES string of the molecule is Cc1c(OC(F)F)c(F)c2c(c(-c3ccc(O)c(Cl)c3)nc3[nH]ncc32)c1F. The van der Waals surface area contributed by atoms with Crippen LogP contribution in [0.25, 0.3) is 33.1 Å². The highest BCUT2D eigenvalue weighted by Gasteiger charge is 2.26. The highest BCUT2D eigenvalue weighted by Crippen LogP contribution is 2.42. The number of pyridine rings is 1. The Labute approximate surface area is 159 Å². The molecule has 2 aromatic carbocycles. The highest BCUT2D eigenvalue weighted by molar-refractivity contribution is 6.32. The molecule has 0 aliphatic rings. The van der Waals surface area contributed by atoms with Gasteiger partial charge >= 0.3 is 6.61 Å². The summed E-state index contributed by atoms with van der Waals surface area (Å²) in [5.41, 5.74) is -0.0424. The van der Waals surface area contributed by atoms with Crippen LogP contribution in [-0.2, 0) is 0 Å². The number of phenols is 1. The van der Waals surface area contributed by atoms with E-state index < -0.39 is 29.6 Å². The van der Waals surface area contributed by atoms with Crippen molar-refractivity contribution in [1.82, 2.24) is 15.2 Å². The number of halogens is 5. The van der Waals surface area contributed by atoms with Crippen LogP contribution < -0.4 is 4.74 Å². The molecule has 0 aliphatic carbocycles. The average molecular weight is 412 g/mol. The number of hydrogen-bond acceptors (Lipinski definition) is 4. The van der Waals surface area contributed by atoms with E-state index in [0.717, 1.165) is 6.92 Å². The molecule has 0 aliphatic heterocycles. The molecular formula is C18H10ClF4N3O2. The zero-order valence-corrected chi connectivity index (χ0v) is 14.8. The fourth-order valence-corrected chi connectivity index (χ4v) is 3.25. The normalized spacial score (nSPS) is 11.7. The molecular weight excluding hydrogens is 402 g/mol. The van der Waals surface area contributed by atoms with Gasteiger partial charge in [-0.25, -0.2) is 13.8 Å². The van der Waals surface area contributed by atoms with E-state index in [9.17, 15) is 13.9 Å². The molecule has 5 nitrogen and oxygen atoms in total. The summed E-state index contributed by atoms with van der Waals surface area (Å²) in [7, 11) is 0. The molecule has 4 rings (SSSR count). The first-order valence-electron chi connectivity index (χ1n) is 7.87. The minimum Gasteiger partial charge on any atom is -0.506 e. The van der Waals surface area contributed by atoms with Crippen LogP contribution >= 0.6 is 11.6 Å². The van der Waals surface area contributed by atoms with Crippen LogP contribution in [0.5, 0.6) is 11.5 Å². The number of hydrogen-bond donors (Lipinski definition) is 2. The predicted molar refractivity (Wildman–Crippen MR) is 94.8 cm³/mol. The molecule has 10 heteroatoms.